The number of fused-ring (bicyclic) bond motifs is 2. The fraction of sp³-hybridized carbons (Fsp3) is 0.136. The quantitative estimate of drug-likeness (QED) is 0.272. The van der Waals surface area contributed by atoms with Crippen LogP contribution in [0, 0.1) is 0 Å². The largest absolute Gasteiger partial charge is 0.395 e. The number of thiophene rings is 1. The van der Waals surface area contributed by atoms with E-state index in [2.05, 4.69) is 25.6 Å². The van der Waals surface area contributed by atoms with E-state index in [1.807, 2.05) is 22.9 Å². The molecule has 0 saturated heterocycles. The predicted molar refractivity (Wildman–Crippen MR) is 131 cm³/mol. The third-order valence-corrected chi connectivity index (χ3v) is 6.58. The molecule has 0 aliphatic rings. The monoisotopic (exact) mass is 493 g/mol. The minimum absolute atomic E-state index is 0.110. The van der Waals surface area contributed by atoms with Crippen molar-refractivity contribution in [2.24, 2.45) is 0 Å². The summed E-state index contributed by atoms with van der Waals surface area (Å²) in [7, 11) is 0. The van der Waals surface area contributed by atoms with Crippen molar-refractivity contribution < 1.29 is 14.7 Å². The zero-order valence-electron chi connectivity index (χ0n) is 17.7. The van der Waals surface area contributed by atoms with Crippen LogP contribution in [0.5, 0.6) is 0 Å². The van der Waals surface area contributed by atoms with Gasteiger partial charge in [-0.3, -0.25) is 14.0 Å². The van der Waals surface area contributed by atoms with E-state index in [9.17, 15) is 9.59 Å². The van der Waals surface area contributed by atoms with Gasteiger partial charge in [-0.05, 0) is 35.2 Å². The number of pyridine rings is 2. The molecule has 0 atom stereocenters. The second-order valence-corrected chi connectivity index (χ2v) is 9.16. The molecule has 0 spiro atoms. The Balaban J connectivity index is 1.47. The van der Waals surface area contributed by atoms with Crippen LogP contribution in [0.25, 0.3) is 27.3 Å². The summed E-state index contributed by atoms with van der Waals surface area (Å²) in [5.74, 6) is -0.720. The van der Waals surface area contributed by atoms with Crippen LogP contribution in [-0.2, 0) is 6.54 Å². The smallest absolute Gasteiger partial charge is 0.270 e. The first-order valence-corrected chi connectivity index (χ1v) is 12.0. The van der Waals surface area contributed by atoms with E-state index in [0.717, 1.165) is 15.8 Å². The number of aliphatic hydroxyl groups excluding tert-OH is 1. The van der Waals surface area contributed by atoms with E-state index in [4.69, 9.17) is 10.8 Å². The van der Waals surface area contributed by atoms with Gasteiger partial charge in [0, 0.05) is 36.4 Å². The van der Waals surface area contributed by atoms with Crippen molar-refractivity contribution in [3.63, 3.8) is 0 Å². The number of nitrogens with zero attached hydrogens (tertiary/aromatic N) is 4. The van der Waals surface area contributed by atoms with Gasteiger partial charge in [0.2, 0.25) is 0 Å². The SMILES string of the molecule is Nc1nc2ncc(CNC(=O)c3cccn4c(C(=O)NCCO)c(-c5ccsc5)nc34)cc2s1. The molecule has 0 saturated carbocycles. The molecular weight excluding hydrogens is 474 g/mol. The van der Waals surface area contributed by atoms with Crippen LogP contribution in [0.3, 0.4) is 0 Å². The van der Waals surface area contributed by atoms with Crippen molar-refractivity contribution in [2.45, 2.75) is 6.54 Å². The van der Waals surface area contributed by atoms with E-state index in [1.54, 1.807) is 28.9 Å². The van der Waals surface area contributed by atoms with E-state index < -0.39 is 0 Å². The number of nitrogens with one attached hydrogen (secondary N) is 2. The van der Waals surface area contributed by atoms with E-state index in [-0.39, 0.29) is 31.5 Å². The highest BCUT2D eigenvalue weighted by Crippen LogP contribution is 2.28. The van der Waals surface area contributed by atoms with Crippen molar-refractivity contribution in [2.75, 3.05) is 18.9 Å². The Hall–Kier alpha value is -3.87. The van der Waals surface area contributed by atoms with Crippen LogP contribution in [0.15, 0.2) is 47.4 Å². The number of thiazole rings is 1. The van der Waals surface area contributed by atoms with Gasteiger partial charge in [-0.1, -0.05) is 11.3 Å². The standard InChI is InChI=1S/C22H19N7O3S2/c23-22-28-18-15(34-22)8-12(9-25-18)10-26-20(31)14-2-1-5-29-17(21(32)24-4-6-30)16(27-19(14)29)13-3-7-33-11-13/h1-3,5,7-9,11,30H,4,6,10H2,(H,24,32)(H,26,31)(H2,23,25,28). The maximum absolute atomic E-state index is 13.1. The number of hydrogen-bond acceptors (Lipinski definition) is 9. The molecule has 0 aliphatic carbocycles. The Kier molecular flexibility index (Phi) is 5.92. The second-order valence-electron chi connectivity index (χ2n) is 7.32. The Morgan fingerprint density at radius 2 is 2.06 bits per heavy atom. The minimum atomic E-state index is -0.386. The first kappa shape index (κ1) is 21.9. The van der Waals surface area contributed by atoms with E-state index in [0.29, 0.717) is 33.4 Å². The third-order valence-electron chi connectivity index (χ3n) is 5.07. The minimum Gasteiger partial charge on any atom is -0.395 e. The number of nitrogen functional groups attached to an aromatic ring is 1. The Bertz CT molecular complexity index is 1510. The van der Waals surface area contributed by atoms with Gasteiger partial charge in [-0.25, -0.2) is 15.0 Å². The lowest BCUT2D eigenvalue weighted by atomic mass is 10.2. The highest BCUT2D eigenvalue weighted by molar-refractivity contribution is 7.22. The number of carbonyl (C=O) groups excluding carboxylic acids is 2. The fourth-order valence-electron chi connectivity index (χ4n) is 3.57. The van der Waals surface area contributed by atoms with Gasteiger partial charge >= 0.3 is 0 Å². The summed E-state index contributed by atoms with van der Waals surface area (Å²) in [5, 5.41) is 18.9. The summed E-state index contributed by atoms with van der Waals surface area (Å²) < 4.78 is 2.45. The lowest BCUT2D eigenvalue weighted by molar-refractivity contribution is 0.0934. The second kappa shape index (κ2) is 9.17. The van der Waals surface area contributed by atoms with Gasteiger partial charge in [0.1, 0.15) is 11.4 Å². The molecule has 5 rings (SSSR count). The number of anilines is 1. The van der Waals surface area contributed by atoms with Crippen LogP contribution in [0.1, 0.15) is 26.4 Å². The number of rotatable bonds is 7. The molecule has 0 bridgehead atoms. The number of carbonyl (C=O) groups is 2. The summed E-state index contributed by atoms with van der Waals surface area (Å²) >= 11 is 2.82. The molecule has 5 aromatic rings. The number of aliphatic hydroxyl groups is 1. The normalized spacial score (nSPS) is 11.2. The summed E-state index contributed by atoms with van der Waals surface area (Å²) in [6.07, 6.45) is 3.34. The van der Waals surface area contributed by atoms with Crippen LogP contribution in [-0.4, -0.2) is 49.4 Å². The Morgan fingerprint density at radius 3 is 2.85 bits per heavy atom. The van der Waals surface area contributed by atoms with Gasteiger partial charge in [0.25, 0.3) is 11.8 Å². The van der Waals surface area contributed by atoms with E-state index in [1.165, 1.54) is 22.7 Å². The van der Waals surface area contributed by atoms with Crippen molar-refractivity contribution in [1.82, 2.24) is 30.0 Å². The summed E-state index contributed by atoms with van der Waals surface area (Å²) in [5.41, 5.74) is 9.35. The third kappa shape index (κ3) is 4.09. The number of aromatic nitrogens is 4. The molecule has 0 radical (unpaired) electrons. The van der Waals surface area contributed by atoms with Crippen molar-refractivity contribution in [3.8, 4) is 11.3 Å². The van der Waals surface area contributed by atoms with Gasteiger partial charge in [0.15, 0.2) is 16.4 Å². The molecule has 0 aromatic carbocycles. The van der Waals surface area contributed by atoms with Crippen molar-refractivity contribution in [1.29, 1.82) is 0 Å². The molecule has 5 heterocycles. The van der Waals surface area contributed by atoms with Crippen molar-refractivity contribution >= 4 is 55.6 Å². The molecule has 10 nitrogen and oxygen atoms in total. The van der Waals surface area contributed by atoms with Crippen molar-refractivity contribution in [3.05, 3.63) is 64.2 Å². The van der Waals surface area contributed by atoms with Gasteiger partial charge in [-0.15, -0.1) is 0 Å². The molecule has 5 aromatic heterocycles. The number of imidazole rings is 1. The van der Waals surface area contributed by atoms with Gasteiger partial charge < -0.3 is 21.5 Å². The highest BCUT2D eigenvalue weighted by atomic mass is 32.1. The first-order chi connectivity index (χ1) is 16.5. The molecule has 5 N–H and O–H groups in total. The predicted octanol–water partition coefficient (Wildman–Crippen LogP) is 2.30. The fourth-order valence-corrected chi connectivity index (χ4v) is 4.96. The Morgan fingerprint density at radius 1 is 1.18 bits per heavy atom. The van der Waals surface area contributed by atoms with Gasteiger partial charge in [0.05, 0.1) is 16.9 Å². The lowest BCUT2D eigenvalue weighted by Gasteiger charge is -2.08. The first-order valence-electron chi connectivity index (χ1n) is 10.3. The molecule has 0 fully saturated rings. The summed E-state index contributed by atoms with van der Waals surface area (Å²) in [4.78, 5) is 39.1. The van der Waals surface area contributed by atoms with Crippen LogP contribution in [0.2, 0.25) is 0 Å². The zero-order chi connectivity index (χ0) is 23.7. The average Bonchev–Trinajstić information content (AvgIpc) is 3.57. The van der Waals surface area contributed by atoms with Crippen LogP contribution < -0.4 is 16.4 Å². The molecule has 34 heavy (non-hydrogen) atoms. The number of nitrogens with two attached hydrogens (primary N) is 1. The molecular formula is C22H19N7O3S2. The molecule has 12 heteroatoms. The molecule has 2 amide bonds. The molecule has 172 valence electrons. The molecule has 0 unspecified atom stereocenters. The van der Waals surface area contributed by atoms with Gasteiger partial charge in [-0.2, -0.15) is 11.3 Å². The maximum atomic E-state index is 13.1. The highest BCUT2D eigenvalue weighted by Gasteiger charge is 2.23. The summed E-state index contributed by atoms with van der Waals surface area (Å²) in [6.45, 7) is 0.181. The zero-order valence-corrected chi connectivity index (χ0v) is 19.3. The number of amides is 2. The van der Waals surface area contributed by atoms with E-state index >= 15 is 0 Å². The number of hydrogen-bond donors (Lipinski definition) is 4. The average molecular weight is 494 g/mol. The summed E-state index contributed by atoms with van der Waals surface area (Å²) in [6, 6.07) is 7.11. The topological polar surface area (TPSA) is 148 Å². The maximum Gasteiger partial charge on any atom is 0.270 e. The lowest BCUT2D eigenvalue weighted by Crippen LogP contribution is -2.28. The van der Waals surface area contributed by atoms with Crippen LogP contribution in [0.4, 0.5) is 5.13 Å². The molecule has 0 aliphatic heterocycles. The Labute approximate surface area is 201 Å². The van der Waals surface area contributed by atoms with Crippen LogP contribution >= 0.6 is 22.7 Å².